The van der Waals surface area contributed by atoms with Crippen molar-refractivity contribution in [3.63, 3.8) is 0 Å². The smallest absolute Gasteiger partial charge is 0.319 e. The van der Waals surface area contributed by atoms with Crippen LogP contribution >= 0.6 is 11.6 Å². The first kappa shape index (κ1) is 22.2. The van der Waals surface area contributed by atoms with Crippen LogP contribution in [0.3, 0.4) is 0 Å². The highest BCUT2D eigenvalue weighted by molar-refractivity contribution is 6.30. The lowest BCUT2D eigenvalue weighted by atomic mass is 10.1. The minimum Gasteiger partial charge on any atom is -0.492 e. The molecule has 4 rings (SSSR count). The van der Waals surface area contributed by atoms with E-state index in [0.717, 1.165) is 5.75 Å². The van der Waals surface area contributed by atoms with Gasteiger partial charge in [-0.1, -0.05) is 41.9 Å². The number of rotatable bonds is 7. The third kappa shape index (κ3) is 5.42. The molecule has 1 heterocycles. The number of hydrogen-bond donors (Lipinski definition) is 3. The van der Waals surface area contributed by atoms with Crippen molar-refractivity contribution in [2.24, 2.45) is 0 Å². The van der Waals surface area contributed by atoms with Gasteiger partial charge in [-0.3, -0.25) is 0 Å². The molecule has 0 bridgehead atoms. The van der Waals surface area contributed by atoms with E-state index in [4.69, 9.17) is 22.1 Å². The molecule has 0 radical (unpaired) electrons. The van der Waals surface area contributed by atoms with Crippen molar-refractivity contribution in [1.82, 2.24) is 15.1 Å². The number of hydrogen-bond acceptors (Lipinski definition) is 4. The quantitative estimate of drug-likeness (QED) is 0.330. The summed E-state index contributed by atoms with van der Waals surface area (Å²) in [5, 5.41) is 10.6. The third-order valence-electron chi connectivity index (χ3n) is 4.75. The lowest BCUT2D eigenvalue weighted by Crippen LogP contribution is -2.32. The van der Waals surface area contributed by atoms with E-state index in [2.05, 4.69) is 15.7 Å². The van der Waals surface area contributed by atoms with Crippen LogP contribution in [-0.2, 0) is 0 Å². The second kappa shape index (κ2) is 10.1. The van der Waals surface area contributed by atoms with Crippen LogP contribution in [0.5, 0.6) is 5.75 Å². The number of aromatic nitrogens is 2. The molecule has 0 fully saturated rings. The van der Waals surface area contributed by atoms with Gasteiger partial charge in [-0.25, -0.2) is 13.9 Å². The van der Waals surface area contributed by atoms with Crippen LogP contribution in [0.2, 0.25) is 5.02 Å². The number of carbonyl (C=O) groups excluding carboxylic acids is 1. The maximum absolute atomic E-state index is 13.4. The van der Waals surface area contributed by atoms with Gasteiger partial charge in [-0.2, -0.15) is 5.10 Å². The standard InChI is InChI=1S/C24H21ClFN5O2/c25-17-8-6-16(7-9-17)21-22(23(27)31(30-21)19-12-10-18(26)11-13-19)29-24(32)28-14-15-33-20-4-2-1-3-5-20/h1-13H,14-15,27H2,(H2,28,29,32). The van der Waals surface area contributed by atoms with E-state index in [-0.39, 0.29) is 18.2 Å². The molecule has 0 saturated heterocycles. The predicted octanol–water partition coefficient (Wildman–Crippen LogP) is 5.11. The Balaban J connectivity index is 1.53. The highest BCUT2D eigenvalue weighted by Crippen LogP contribution is 2.34. The number of nitrogen functional groups attached to an aromatic ring is 1. The fraction of sp³-hybridized carbons (Fsp3) is 0.0833. The number of ether oxygens (including phenoxy) is 1. The molecule has 168 valence electrons. The van der Waals surface area contributed by atoms with Crippen LogP contribution in [0.15, 0.2) is 78.9 Å². The number of halogens is 2. The van der Waals surface area contributed by atoms with E-state index >= 15 is 0 Å². The van der Waals surface area contributed by atoms with Gasteiger partial charge in [0.2, 0.25) is 0 Å². The van der Waals surface area contributed by atoms with E-state index in [1.54, 1.807) is 36.4 Å². The molecule has 0 spiro atoms. The molecule has 0 atom stereocenters. The Kier molecular flexibility index (Phi) is 6.75. The minimum atomic E-state index is -0.466. The van der Waals surface area contributed by atoms with E-state index in [0.29, 0.717) is 34.3 Å². The topological polar surface area (TPSA) is 94.2 Å². The Morgan fingerprint density at radius 2 is 1.73 bits per heavy atom. The summed E-state index contributed by atoms with van der Waals surface area (Å²) < 4.78 is 20.4. The first-order valence-electron chi connectivity index (χ1n) is 10.1. The summed E-state index contributed by atoms with van der Waals surface area (Å²) in [5.74, 6) is 0.537. The van der Waals surface area contributed by atoms with Crippen molar-refractivity contribution in [1.29, 1.82) is 0 Å². The van der Waals surface area contributed by atoms with Gasteiger partial charge < -0.3 is 21.1 Å². The largest absolute Gasteiger partial charge is 0.492 e. The summed E-state index contributed by atoms with van der Waals surface area (Å²) in [6.45, 7) is 0.578. The molecular weight excluding hydrogens is 445 g/mol. The van der Waals surface area contributed by atoms with Crippen LogP contribution in [-0.4, -0.2) is 29.0 Å². The molecule has 0 aliphatic carbocycles. The number of amides is 2. The lowest BCUT2D eigenvalue weighted by molar-refractivity contribution is 0.247. The number of carbonyl (C=O) groups is 1. The third-order valence-corrected chi connectivity index (χ3v) is 5.00. The maximum atomic E-state index is 13.4. The van der Waals surface area contributed by atoms with Gasteiger partial charge in [0, 0.05) is 10.6 Å². The monoisotopic (exact) mass is 465 g/mol. The Morgan fingerprint density at radius 1 is 1.03 bits per heavy atom. The average molecular weight is 466 g/mol. The Morgan fingerprint density at radius 3 is 2.42 bits per heavy atom. The Hall–Kier alpha value is -4.04. The highest BCUT2D eigenvalue weighted by atomic mass is 35.5. The number of urea groups is 1. The maximum Gasteiger partial charge on any atom is 0.319 e. The Labute approximate surface area is 194 Å². The molecule has 7 nitrogen and oxygen atoms in total. The van der Waals surface area contributed by atoms with Crippen molar-refractivity contribution < 1.29 is 13.9 Å². The lowest BCUT2D eigenvalue weighted by Gasteiger charge is -2.10. The molecule has 9 heteroatoms. The summed E-state index contributed by atoms with van der Waals surface area (Å²) in [5.41, 5.74) is 8.36. The van der Waals surface area contributed by atoms with E-state index < -0.39 is 6.03 Å². The summed E-state index contributed by atoms with van der Waals surface area (Å²) in [6.07, 6.45) is 0. The molecule has 0 aliphatic rings. The van der Waals surface area contributed by atoms with Gasteiger partial charge in [0.1, 0.15) is 29.6 Å². The molecule has 0 saturated carbocycles. The summed E-state index contributed by atoms with van der Waals surface area (Å²) >= 11 is 6.01. The van der Waals surface area contributed by atoms with Crippen LogP contribution in [0.4, 0.5) is 20.7 Å². The summed E-state index contributed by atoms with van der Waals surface area (Å²) in [6, 6.07) is 21.5. The highest BCUT2D eigenvalue weighted by Gasteiger charge is 2.20. The van der Waals surface area contributed by atoms with Gasteiger partial charge in [-0.15, -0.1) is 0 Å². The zero-order valence-electron chi connectivity index (χ0n) is 17.5. The first-order valence-corrected chi connectivity index (χ1v) is 10.5. The number of para-hydroxylation sites is 1. The van der Waals surface area contributed by atoms with Crippen molar-refractivity contribution in [3.8, 4) is 22.7 Å². The molecular formula is C24H21ClFN5O2. The molecule has 1 aromatic heterocycles. The van der Waals surface area contributed by atoms with Crippen LogP contribution in [0.1, 0.15) is 0 Å². The molecule has 33 heavy (non-hydrogen) atoms. The zero-order valence-corrected chi connectivity index (χ0v) is 18.2. The van der Waals surface area contributed by atoms with E-state index in [1.165, 1.54) is 16.8 Å². The van der Waals surface area contributed by atoms with Gasteiger partial charge >= 0.3 is 6.03 Å². The average Bonchev–Trinajstić information content (AvgIpc) is 3.14. The van der Waals surface area contributed by atoms with E-state index in [9.17, 15) is 9.18 Å². The summed E-state index contributed by atoms with van der Waals surface area (Å²) in [7, 11) is 0. The number of nitrogens with zero attached hydrogens (tertiary/aromatic N) is 2. The first-order chi connectivity index (χ1) is 16.0. The van der Waals surface area contributed by atoms with Crippen LogP contribution in [0, 0.1) is 5.82 Å². The predicted molar refractivity (Wildman–Crippen MR) is 127 cm³/mol. The van der Waals surface area contributed by atoms with E-state index in [1.807, 2.05) is 30.3 Å². The molecule has 4 N–H and O–H groups in total. The van der Waals surface area contributed by atoms with Crippen LogP contribution < -0.4 is 21.1 Å². The van der Waals surface area contributed by atoms with Crippen LogP contribution in [0.25, 0.3) is 16.9 Å². The van der Waals surface area contributed by atoms with Gasteiger partial charge in [0.15, 0.2) is 5.82 Å². The van der Waals surface area contributed by atoms with Gasteiger partial charge in [0.25, 0.3) is 0 Å². The van der Waals surface area contributed by atoms with Gasteiger partial charge in [0.05, 0.1) is 12.2 Å². The van der Waals surface area contributed by atoms with Crippen molar-refractivity contribution in [2.75, 3.05) is 24.2 Å². The molecule has 2 amide bonds. The second-order valence-electron chi connectivity index (χ2n) is 7.05. The fourth-order valence-corrected chi connectivity index (χ4v) is 3.28. The molecule has 0 aliphatic heterocycles. The number of nitrogens with one attached hydrogen (secondary N) is 2. The SMILES string of the molecule is Nc1c(NC(=O)NCCOc2ccccc2)c(-c2ccc(Cl)cc2)nn1-c1ccc(F)cc1. The van der Waals surface area contributed by atoms with Gasteiger partial charge in [-0.05, 0) is 48.5 Å². The second-order valence-corrected chi connectivity index (χ2v) is 7.48. The van der Waals surface area contributed by atoms with Crippen molar-refractivity contribution in [3.05, 3.63) is 89.7 Å². The number of nitrogens with two attached hydrogens (primary N) is 1. The molecule has 4 aromatic rings. The summed E-state index contributed by atoms with van der Waals surface area (Å²) in [4.78, 5) is 12.6. The van der Waals surface area contributed by atoms with Crippen molar-refractivity contribution >= 4 is 29.1 Å². The fourth-order valence-electron chi connectivity index (χ4n) is 3.15. The zero-order chi connectivity index (χ0) is 23.2. The minimum absolute atomic E-state index is 0.197. The molecule has 0 unspecified atom stereocenters. The normalized spacial score (nSPS) is 10.6. The Bertz CT molecular complexity index is 1230. The van der Waals surface area contributed by atoms with Crippen molar-refractivity contribution in [2.45, 2.75) is 0 Å². The number of benzene rings is 3. The number of anilines is 2. The molecule has 3 aromatic carbocycles.